The first kappa shape index (κ1) is 13.1. The molecule has 0 aromatic carbocycles. The Balaban J connectivity index is 2.43. The minimum atomic E-state index is 0.139. The zero-order valence-corrected chi connectivity index (χ0v) is 10.7. The number of hydrogen-bond donors (Lipinski definition) is 1. The predicted octanol–water partition coefficient (Wildman–Crippen LogP) is 1.23. The van der Waals surface area contributed by atoms with Crippen molar-refractivity contribution >= 4 is 0 Å². The molecule has 0 radical (unpaired) electrons. The molecule has 0 bridgehead atoms. The lowest BCUT2D eigenvalue weighted by molar-refractivity contribution is 0.334. The summed E-state index contributed by atoms with van der Waals surface area (Å²) in [5, 5.41) is 7.28. The molecule has 0 spiro atoms. The number of hydrogen-bond acceptors (Lipinski definition) is 5. The number of nitrogens with zero attached hydrogens (tertiary/aromatic N) is 3. The van der Waals surface area contributed by atoms with Gasteiger partial charge < -0.3 is 14.7 Å². The molecule has 1 aromatic heterocycles. The van der Waals surface area contributed by atoms with Crippen LogP contribution in [0, 0.1) is 0 Å². The Morgan fingerprint density at radius 2 is 2.19 bits per heavy atom. The molecule has 0 aliphatic carbocycles. The van der Waals surface area contributed by atoms with E-state index in [9.17, 15) is 0 Å². The molecule has 0 saturated heterocycles. The van der Waals surface area contributed by atoms with E-state index >= 15 is 0 Å². The Morgan fingerprint density at radius 3 is 2.81 bits per heavy atom. The molecule has 16 heavy (non-hydrogen) atoms. The number of likely N-dealkylation sites (N-methyl/N-ethyl adjacent to an activating group) is 1. The minimum Gasteiger partial charge on any atom is -0.338 e. The summed E-state index contributed by atoms with van der Waals surface area (Å²) in [6, 6.07) is 0.139. The van der Waals surface area contributed by atoms with Crippen molar-refractivity contribution in [3.8, 4) is 0 Å². The largest absolute Gasteiger partial charge is 0.338 e. The second-order valence-corrected chi connectivity index (χ2v) is 4.28. The lowest BCUT2D eigenvalue weighted by Gasteiger charge is -2.07. The van der Waals surface area contributed by atoms with Crippen molar-refractivity contribution in [2.24, 2.45) is 0 Å². The van der Waals surface area contributed by atoms with E-state index in [1.165, 1.54) is 0 Å². The lowest BCUT2D eigenvalue weighted by atomic mass is 10.3. The molecule has 1 rings (SSSR count). The molecule has 0 amide bonds. The van der Waals surface area contributed by atoms with Gasteiger partial charge in [0.15, 0.2) is 5.82 Å². The van der Waals surface area contributed by atoms with Crippen LogP contribution in [0.15, 0.2) is 4.52 Å². The van der Waals surface area contributed by atoms with Gasteiger partial charge in [-0.15, -0.1) is 0 Å². The highest BCUT2D eigenvalue weighted by Gasteiger charge is 2.12. The molecule has 1 N–H and O–H groups in total. The maximum Gasteiger partial charge on any atom is 0.243 e. The van der Waals surface area contributed by atoms with Crippen molar-refractivity contribution in [2.75, 3.05) is 27.2 Å². The lowest BCUT2D eigenvalue weighted by Crippen LogP contribution is -2.19. The van der Waals surface area contributed by atoms with Crippen LogP contribution in [0.4, 0.5) is 0 Å². The Hall–Kier alpha value is -0.940. The Bertz CT molecular complexity index is 298. The summed E-state index contributed by atoms with van der Waals surface area (Å²) in [6.45, 7) is 6.08. The molecule has 92 valence electrons. The first-order valence-corrected chi connectivity index (χ1v) is 5.84. The van der Waals surface area contributed by atoms with Gasteiger partial charge in [0.05, 0.1) is 6.04 Å². The summed E-state index contributed by atoms with van der Waals surface area (Å²) in [5.41, 5.74) is 0. The van der Waals surface area contributed by atoms with Crippen LogP contribution in [0.25, 0.3) is 0 Å². The highest BCUT2D eigenvalue weighted by molar-refractivity contribution is 4.91. The highest BCUT2D eigenvalue weighted by Crippen LogP contribution is 2.09. The van der Waals surface area contributed by atoms with Crippen molar-refractivity contribution in [1.82, 2.24) is 20.4 Å². The summed E-state index contributed by atoms with van der Waals surface area (Å²) in [6.07, 6.45) is 1.93. The summed E-state index contributed by atoms with van der Waals surface area (Å²) in [4.78, 5) is 6.47. The molecule has 5 nitrogen and oxygen atoms in total. The van der Waals surface area contributed by atoms with Crippen LogP contribution in [-0.4, -0.2) is 42.2 Å². The van der Waals surface area contributed by atoms with Crippen molar-refractivity contribution in [1.29, 1.82) is 0 Å². The van der Waals surface area contributed by atoms with Crippen LogP contribution in [0.2, 0.25) is 0 Å². The maximum atomic E-state index is 5.21. The first-order valence-electron chi connectivity index (χ1n) is 5.84. The summed E-state index contributed by atoms with van der Waals surface area (Å²) in [5.74, 6) is 1.47. The molecule has 0 saturated carbocycles. The van der Waals surface area contributed by atoms with Gasteiger partial charge in [-0.2, -0.15) is 4.98 Å². The molecule has 0 fully saturated rings. The number of rotatable bonds is 7. The van der Waals surface area contributed by atoms with Crippen LogP contribution in [0.1, 0.15) is 38.0 Å². The Labute approximate surface area is 97.2 Å². The third-order valence-electron chi connectivity index (χ3n) is 2.34. The van der Waals surface area contributed by atoms with Gasteiger partial charge in [0, 0.05) is 13.0 Å². The minimum absolute atomic E-state index is 0.139. The van der Waals surface area contributed by atoms with Gasteiger partial charge in [0.1, 0.15) is 0 Å². The van der Waals surface area contributed by atoms with Crippen LogP contribution in [-0.2, 0) is 6.42 Å². The van der Waals surface area contributed by atoms with Crippen molar-refractivity contribution in [2.45, 2.75) is 32.7 Å². The van der Waals surface area contributed by atoms with Crippen molar-refractivity contribution in [3.63, 3.8) is 0 Å². The van der Waals surface area contributed by atoms with Gasteiger partial charge in [-0.3, -0.25) is 0 Å². The topological polar surface area (TPSA) is 54.2 Å². The normalized spacial score (nSPS) is 13.3. The van der Waals surface area contributed by atoms with Crippen LogP contribution >= 0.6 is 0 Å². The van der Waals surface area contributed by atoms with Gasteiger partial charge in [-0.1, -0.05) is 12.1 Å². The second-order valence-electron chi connectivity index (χ2n) is 4.28. The van der Waals surface area contributed by atoms with Crippen molar-refractivity contribution in [3.05, 3.63) is 11.7 Å². The van der Waals surface area contributed by atoms with E-state index in [2.05, 4.69) is 27.3 Å². The van der Waals surface area contributed by atoms with E-state index in [0.29, 0.717) is 5.89 Å². The second kappa shape index (κ2) is 6.60. The summed E-state index contributed by atoms with van der Waals surface area (Å²) >= 11 is 0. The zero-order valence-electron chi connectivity index (χ0n) is 10.7. The van der Waals surface area contributed by atoms with E-state index in [4.69, 9.17) is 4.52 Å². The smallest absolute Gasteiger partial charge is 0.243 e. The van der Waals surface area contributed by atoms with Crippen LogP contribution < -0.4 is 5.32 Å². The average Bonchev–Trinajstić information content (AvgIpc) is 2.71. The molecule has 1 aromatic rings. The van der Waals surface area contributed by atoms with Crippen LogP contribution in [0.3, 0.4) is 0 Å². The van der Waals surface area contributed by atoms with Gasteiger partial charge in [-0.05, 0) is 34.0 Å². The quantitative estimate of drug-likeness (QED) is 0.758. The standard InChI is InChI=1S/C11H22N4O/c1-5-7-12-9(2)11-13-10(14-16-11)6-8-15(3)4/h9,12H,5-8H2,1-4H3. The molecule has 0 aliphatic heterocycles. The fraction of sp³-hybridized carbons (Fsp3) is 0.818. The zero-order chi connectivity index (χ0) is 12.0. The fourth-order valence-electron chi connectivity index (χ4n) is 1.32. The van der Waals surface area contributed by atoms with E-state index in [1.807, 2.05) is 21.0 Å². The number of aromatic nitrogens is 2. The van der Waals surface area contributed by atoms with Gasteiger partial charge in [-0.25, -0.2) is 0 Å². The molecule has 1 atom stereocenters. The molecule has 1 unspecified atom stereocenters. The maximum absolute atomic E-state index is 5.21. The van der Waals surface area contributed by atoms with E-state index in [1.54, 1.807) is 0 Å². The third kappa shape index (κ3) is 4.28. The molecule has 0 aliphatic rings. The fourth-order valence-corrected chi connectivity index (χ4v) is 1.32. The summed E-state index contributed by atoms with van der Waals surface area (Å²) in [7, 11) is 4.07. The van der Waals surface area contributed by atoms with Crippen molar-refractivity contribution < 1.29 is 4.52 Å². The number of nitrogens with one attached hydrogen (secondary N) is 1. The van der Waals surface area contributed by atoms with E-state index in [-0.39, 0.29) is 6.04 Å². The van der Waals surface area contributed by atoms with Crippen LogP contribution in [0.5, 0.6) is 0 Å². The SMILES string of the molecule is CCCNC(C)c1nc(CCN(C)C)no1. The molecular weight excluding hydrogens is 204 g/mol. The highest BCUT2D eigenvalue weighted by atomic mass is 16.5. The Kier molecular flexibility index (Phi) is 5.42. The summed E-state index contributed by atoms with van der Waals surface area (Å²) < 4.78 is 5.21. The van der Waals surface area contributed by atoms with E-state index in [0.717, 1.165) is 31.8 Å². The first-order chi connectivity index (χ1) is 7.63. The van der Waals surface area contributed by atoms with E-state index < -0.39 is 0 Å². The monoisotopic (exact) mass is 226 g/mol. The van der Waals surface area contributed by atoms with Gasteiger partial charge in [0.2, 0.25) is 5.89 Å². The van der Waals surface area contributed by atoms with Gasteiger partial charge >= 0.3 is 0 Å². The average molecular weight is 226 g/mol. The predicted molar refractivity (Wildman–Crippen MR) is 63.3 cm³/mol. The third-order valence-corrected chi connectivity index (χ3v) is 2.34. The molecular formula is C11H22N4O. The molecule has 1 heterocycles. The Morgan fingerprint density at radius 1 is 1.44 bits per heavy atom. The molecule has 5 heteroatoms. The van der Waals surface area contributed by atoms with Gasteiger partial charge in [0.25, 0.3) is 0 Å².